The Labute approximate surface area is 146 Å². The number of hydrogen-bond donors (Lipinski definition) is 3. The predicted molar refractivity (Wildman–Crippen MR) is 94.0 cm³/mol. The molecule has 6 nitrogen and oxygen atoms in total. The number of amides is 2. The van der Waals surface area contributed by atoms with E-state index in [-0.39, 0.29) is 18.8 Å². The van der Waals surface area contributed by atoms with Gasteiger partial charge in [0.2, 0.25) is 5.91 Å². The van der Waals surface area contributed by atoms with Crippen LogP contribution < -0.4 is 11.1 Å². The molecule has 0 saturated heterocycles. The van der Waals surface area contributed by atoms with Gasteiger partial charge in [-0.25, -0.2) is 4.79 Å². The molecule has 0 heterocycles. The fraction of sp³-hybridized carbons (Fsp3) is 0.263. The van der Waals surface area contributed by atoms with Crippen LogP contribution in [0.25, 0.3) is 0 Å². The summed E-state index contributed by atoms with van der Waals surface area (Å²) < 4.78 is 5.13. The van der Waals surface area contributed by atoms with Crippen LogP contribution in [-0.2, 0) is 22.6 Å². The number of aromatic hydroxyl groups is 1. The highest BCUT2D eigenvalue weighted by atomic mass is 16.5. The van der Waals surface area contributed by atoms with Gasteiger partial charge in [0.15, 0.2) is 0 Å². The maximum atomic E-state index is 12.0. The lowest BCUT2D eigenvalue weighted by molar-refractivity contribution is -0.119. The van der Waals surface area contributed by atoms with Gasteiger partial charge in [0.05, 0.1) is 0 Å². The molecule has 2 aromatic carbocycles. The molecule has 25 heavy (non-hydrogen) atoms. The molecule has 0 aliphatic carbocycles. The molecule has 6 heteroatoms. The zero-order valence-electron chi connectivity index (χ0n) is 14.3. The molecule has 0 aliphatic heterocycles. The first-order valence-electron chi connectivity index (χ1n) is 7.92. The van der Waals surface area contributed by atoms with Crippen molar-refractivity contribution < 1.29 is 19.4 Å². The number of aryl methyl sites for hydroxylation is 2. The SMILES string of the molecule is Cc1cc(O)cc(C)c1C[C@@H](NC(=O)OCc1ccccc1)C(N)=O. The summed E-state index contributed by atoms with van der Waals surface area (Å²) in [6.07, 6.45) is -0.477. The van der Waals surface area contributed by atoms with Gasteiger partial charge in [-0.2, -0.15) is 0 Å². The number of phenolic OH excluding ortho intramolecular Hbond substituents is 1. The Morgan fingerprint density at radius 3 is 2.32 bits per heavy atom. The highest BCUT2D eigenvalue weighted by Crippen LogP contribution is 2.22. The van der Waals surface area contributed by atoms with Crippen molar-refractivity contribution >= 4 is 12.0 Å². The molecule has 0 saturated carbocycles. The van der Waals surface area contributed by atoms with Crippen molar-refractivity contribution in [1.82, 2.24) is 5.32 Å². The largest absolute Gasteiger partial charge is 0.508 e. The molecule has 0 spiro atoms. The van der Waals surface area contributed by atoms with Crippen molar-refractivity contribution in [3.63, 3.8) is 0 Å². The number of alkyl carbamates (subject to hydrolysis) is 1. The van der Waals surface area contributed by atoms with Crippen LogP contribution in [0.5, 0.6) is 5.75 Å². The summed E-state index contributed by atoms with van der Waals surface area (Å²) in [4.78, 5) is 23.7. The van der Waals surface area contributed by atoms with Gasteiger partial charge in [-0.3, -0.25) is 4.79 Å². The van der Waals surface area contributed by atoms with E-state index in [0.29, 0.717) is 0 Å². The second kappa shape index (κ2) is 8.19. The third kappa shape index (κ3) is 5.24. The molecule has 132 valence electrons. The number of nitrogens with one attached hydrogen (secondary N) is 1. The average molecular weight is 342 g/mol. The number of carbonyl (C=O) groups excluding carboxylic acids is 2. The Hall–Kier alpha value is -3.02. The van der Waals surface area contributed by atoms with Gasteiger partial charge in [0, 0.05) is 6.42 Å². The first-order valence-corrected chi connectivity index (χ1v) is 7.92. The lowest BCUT2D eigenvalue weighted by atomic mass is 9.96. The second-order valence-corrected chi connectivity index (χ2v) is 5.92. The molecule has 2 rings (SSSR count). The summed E-state index contributed by atoms with van der Waals surface area (Å²) in [7, 11) is 0. The Balaban J connectivity index is 2.01. The molecule has 0 bridgehead atoms. The van der Waals surface area contributed by atoms with E-state index in [0.717, 1.165) is 22.3 Å². The minimum Gasteiger partial charge on any atom is -0.508 e. The zero-order chi connectivity index (χ0) is 18.4. The number of rotatable bonds is 6. The molecule has 0 aromatic heterocycles. The monoisotopic (exact) mass is 342 g/mol. The smallest absolute Gasteiger partial charge is 0.408 e. The lowest BCUT2D eigenvalue weighted by Gasteiger charge is -2.18. The molecular weight excluding hydrogens is 320 g/mol. The summed E-state index contributed by atoms with van der Waals surface area (Å²) in [5, 5.41) is 12.1. The molecule has 4 N–H and O–H groups in total. The molecule has 2 amide bonds. The average Bonchev–Trinajstić information content (AvgIpc) is 2.55. The standard InChI is InChI=1S/C19H22N2O4/c1-12-8-15(22)9-13(2)16(12)10-17(18(20)23)21-19(24)25-11-14-6-4-3-5-7-14/h3-9,17,22H,10-11H2,1-2H3,(H2,20,23)(H,21,24)/t17-/m1/s1. The number of phenols is 1. The van der Waals surface area contributed by atoms with Crippen molar-refractivity contribution in [2.45, 2.75) is 32.9 Å². The molecule has 0 radical (unpaired) electrons. The van der Waals surface area contributed by atoms with Crippen LogP contribution in [0.2, 0.25) is 0 Å². The van der Waals surface area contributed by atoms with Crippen molar-refractivity contribution in [1.29, 1.82) is 0 Å². The first-order chi connectivity index (χ1) is 11.9. The molecule has 0 fully saturated rings. The number of ether oxygens (including phenoxy) is 1. The van der Waals surface area contributed by atoms with Gasteiger partial charge in [0.1, 0.15) is 18.4 Å². The predicted octanol–water partition coefficient (Wildman–Crippen LogP) is 2.33. The highest BCUT2D eigenvalue weighted by molar-refractivity contribution is 5.84. The summed E-state index contributed by atoms with van der Waals surface area (Å²) >= 11 is 0. The van der Waals surface area contributed by atoms with Crippen molar-refractivity contribution in [2.75, 3.05) is 0 Å². The van der Waals surface area contributed by atoms with E-state index < -0.39 is 18.0 Å². The Kier molecular flexibility index (Phi) is 6.00. The third-order valence-corrected chi connectivity index (χ3v) is 3.94. The van der Waals surface area contributed by atoms with E-state index in [1.165, 1.54) is 0 Å². The summed E-state index contributed by atoms with van der Waals surface area (Å²) in [5.41, 5.74) is 8.75. The van der Waals surface area contributed by atoms with E-state index in [2.05, 4.69) is 5.32 Å². The minimum absolute atomic E-state index is 0.107. The quantitative estimate of drug-likeness (QED) is 0.750. The summed E-state index contributed by atoms with van der Waals surface area (Å²) in [5.74, 6) is -0.492. The Morgan fingerprint density at radius 1 is 1.16 bits per heavy atom. The number of hydrogen-bond acceptors (Lipinski definition) is 4. The topological polar surface area (TPSA) is 102 Å². The van der Waals surface area contributed by atoms with Crippen molar-refractivity contribution in [3.05, 3.63) is 64.7 Å². The van der Waals surface area contributed by atoms with Gasteiger partial charge in [0.25, 0.3) is 0 Å². The molecule has 0 unspecified atom stereocenters. The maximum Gasteiger partial charge on any atom is 0.408 e. The van der Waals surface area contributed by atoms with Crippen LogP contribution >= 0.6 is 0 Å². The highest BCUT2D eigenvalue weighted by Gasteiger charge is 2.21. The van der Waals surface area contributed by atoms with Crippen molar-refractivity contribution in [2.24, 2.45) is 5.73 Å². The molecule has 1 atom stereocenters. The minimum atomic E-state index is -0.898. The van der Waals surface area contributed by atoms with Gasteiger partial charge < -0.3 is 20.9 Å². The van der Waals surface area contributed by atoms with Gasteiger partial charge in [-0.15, -0.1) is 0 Å². The number of nitrogens with two attached hydrogens (primary N) is 1. The third-order valence-electron chi connectivity index (χ3n) is 3.94. The zero-order valence-corrected chi connectivity index (χ0v) is 14.3. The molecule has 2 aromatic rings. The fourth-order valence-corrected chi connectivity index (χ4v) is 2.63. The van der Waals surface area contributed by atoms with E-state index in [4.69, 9.17) is 10.5 Å². The Morgan fingerprint density at radius 2 is 1.76 bits per heavy atom. The summed E-state index contributed by atoms with van der Waals surface area (Å²) in [6, 6.07) is 11.5. The number of benzene rings is 2. The van der Waals surface area contributed by atoms with Gasteiger partial charge in [-0.05, 0) is 48.2 Å². The summed E-state index contributed by atoms with van der Waals surface area (Å²) in [6.45, 7) is 3.76. The second-order valence-electron chi connectivity index (χ2n) is 5.92. The normalized spacial score (nSPS) is 11.6. The van der Waals surface area contributed by atoms with Crippen LogP contribution in [0.4, 0.5) is 4.79 Å². The number of carbonyl (C=O) groups is 2. The maximum absolute atomic E-state index is 12.0. The van der Waals surface area contributed by atoms with Crippen molar-refractivity contribution in [3.8, 4) is 5.75 Å². The van der Waals surface area contributed by atoms with Gasteiger partial charge >= 0.3 is 6.09 Å². The Bertz CT molecular complexity index is 736. The van der Waals surface area contributed by atoms with Crippen LogP contribution in [-0.4, -0.2) is 23.1 Å². The van der Waals surface area contributed by atoms with Crippen LogP contribution in [0, 0.1) is 13.8 Å². The van der Waals surface area contributed by atoms with Crippen LogP contribution in [0.15, 0.2) is 42.5 Å². The number of primary amides is 1. The van der Waals surface area contributed by atoms with E-state index in [1.54, 1.807) is 12.1 Å². The fourth-order valence-electron chi connectivity index (χ4n) is 2.63. The van der Waals surface area contributed by atoms with Crippen LogP contribution in [0.3, 0.4) is 0 Å². The van der Waals surface area contributed by atoms with Gasteiger partial charge in [-0.1, -0.05) is 30.3 Å². The van der Waals surface area contributed by atoms with E-state index in [1.807, 2.05) is 44.2 Å². The molecule has 0 aliphatic rings. The first kappa shape index (κ1) is 18.3. The lowest BCUT2D eigenvalue weighted by Crippen LogP contribution is -2.46. The van der Waals surface area contributed by atoms with E-state index in [9.17, 15) is 14.7 Å². The molecular formula is C19H22N2O4. The van der Waals surface area contributed by atoms with E-state index >= 15 is 0 Å². The van der Waals surface area contributed by atoms with Crippen LogP contribution in [0.1, 0.15) is 22.3 Å².